The molecule has 30 heavy (non-hydrogen) atoms. The number of fused-ring (bicyclic) bond motifs is 3. The second kappa shape index (κ2) is 6.97. The van der Waals surface area contributed by atoms with E-state index in [1.807, 2.05) is 48.5 Å². The molecule has 0 radical (unpaired) electrons. The number of nitro benzene ring substituents is 1. The maximum atomic E-state index is 12.5. The summed E-state index contributed by atoms with van der Waals surface area (Å²) in [6, 6.07) is 21.3. The first-order valence-corrected chi connectivity index (χ1v) is 9.42. The zero-order valence-corrected chi connectivity index (χ0v) is 15.8. The van der Waals surface area contributed by atoms with Crippen molar-refractivity contribution in [3.05, 3.63) is 99.6 Å². The van der Waals surface area contributed by atoms with Crippen molar-refractivity contribution in [2.75, 3.05) is 5.32 Å². The molecule has 0 atom stereocenters. The van der Waals surface area contributed by atoms with E-state index in [0.29, 0.717) is 11.3 Å². The van der Waals surface area contributed by atoms with Crippen molar-refractivity contribution in [3.8, 4) is 22.5 Å². The Morgan fingerprint density at radius 1 is 1.03 bits per heavy atom. The Balaban J connectivity index is 1.38. The van der Waals surface area contributed by atoms with Crippen molar-refractivity contribution >= 4 is 17.3 Å². The Morgan fingerprint density at radius 2 is 1.80 bits per heavy atom. The first kappa shape index (κ1) is 17.8. The van der Waals surface area contributed by atoms with E-state index < -0.39 is 4.92 Å². The van der Waals surface area contributed by atoms with Crippen molar-refractivity contribution in [1.82, 2.24) is 10.2 Å². The summed E-state index contributed by atoms with van der Waals surface area (Å²) in [6.45, 7) is 0. The molecule has 7 nitrogen and oxygen atoms in total. The Morgan fingerprint density at radius 3 is 2.53 bits per heavy atom. The van der Waals surface area contributed by atoms with Crippen molar-refractivity contribution in [3.63, 3.8) is 0 Å². The number of nitro groups is 1. The van der Waals surface area contributed by atoms with Gasteiger partial charge in [-0.2, -0.15) is 5.10 Å². The molecule has 1 heterocycles. The number of benzene rings is 3. The van der Waals surface area contributed by atoms with Crippen molar-refractivity contribution < 1.29 is 9.72 Å². The number of hydrogen-bond donors (Lipinski definition) is 2. The number of amides is 1. The minimum absolute atomic E-state index is 0.0481. The summed E-state index contributed by atoms with van der Waals surface area (Å²) >= 11 is 0. The fraction of sp³-hybridized carbons (Fsp3) is 0.0435. The molecule has 1 aromatic heterocycles. The number of non-ortho nitro benzene ring substituents is 1. The molecule has 0 fully saturated rings. The molecular weight excluding hydrogens is 380 g/mol. The molecule has 0 spiro atoms. The quantitative estimate of drug-likeness (QED) is 0.336. The molecule has 1 amide bonds. The summed E-state index contributed by atoms with van der Waals surface area (Å²) in [7, 11) is 0. The molecule has 3 aromatic carbocycles. The van der Waals surface area contributed by atoms with Gasteiger partial charge in [0.05, 0.1) is 16.3 Å². The number of anilines is 1. The second-order valence-corrected chi connectivity index (χ2v) is 7.10. The number of aromatic amines is 1. The molecule has 0 saturated carbocycles. The van der Waals surface area contributed by atoms with Gasteiger partial charge in [-0.25, -0.2) is 0 Å². The fourth-order valence-electron chi connectivity index (χ4n) is 3.78. The smallest absolute Gasteiger partial charge is 0.269 e. The van der Waals surface area contributed by atoms with E-state index in [9.17, 15) is 14.9 Å². The van der Waals surface area contributed by atoms with Gasteiger partial charge in [0.2, 0.25) is 0 Å². The van der Waals surface area contributed by atoms with Gasteiger partial charge in [-0.15, -0.1) is 0 Å². The predicted octanol–water partition coefficient (Wildman–Crippen LogP) is 4.81. The molecule has 0 aliphatic heterocycles. The molecule has 1 aliphatic rings. The van der Waals surface area contributed by atoms with Crippen LogP contribution in [0.15, 0.2) is 72.8 Å². The second-order valence-electron chi connectivity index (χ2n) is 7.10. The standard InChI is InChI=1S/C23H16N4O3/c28-23(15-6-9-18(10-7-15)27(29)30)24-17-8-11-19-16(12-17)13-20-21(25-26-22(19)20)14-4-2-1-3-5-14/h1-12H,13H2,(H,24,28)(H,25,26). The highest BCUT2D eigenvalue weighted by Gasteiger charge is 2.25. The summed E-state index contributed by atoms with van der Waals surface area (Å²) in [5.41, 5.74) is 7.34. The normalized spacial score (nSPS) is 11.6. The Bertz CT molecular complexity index is 1280. The highest BCUT2D eigenvalue weighted by molar-refractivity contribution is 6.04. The van der Waals surface area contributed by atoms with Gasteiger partial charge in [0.25, 0.3) is 11.6 Å². The van der Waals surface area contributed by atoms with E-state index in [2.05, 4.69) is 15.5 Å². The zero-order valence-electron chi connectivity index (χ0n) is 15.8. The average Bonchev–Trinajstić information content (AvgIpc) is 3.33. The first-order chi connectivity index (χ1) is 14.6. The van der Waals surface area contributed by atoms with Gasteiger partial charge in [-0.3, -0.25) is 20.0 Å². The molecular formula is C23H16N4O3. The highest BCUT2D eigenvalue weighted by Crippen LogP contribution is 2.40. The van der Waals surface area contributed by atoms with E-state index >= 15 is 0 Å². The molecule has 2 N–H and O–H groups in total. The van der Waals surface area contributed by atoms with Gasteiger partial charge in [0.15, 0.2) is 0 Å². The topological polar surface area (TPSA) is 101 Å². The van der Waals surface area contributed by atoms with Gasteiger partial charge in [0, 0.05) is 46.5 Å². The molecule has 0 bridgehead atoms. The van der Waals surface area contributed by atoms with Crippen LogP contribution in [-0.2, 0) is 6.42 Å². The van der Waals surface area contributed by atoms with Crippen LogP contribution in [0.5, 0.6) is 0 Å². The Kier molecular flexibility index (Phi) is 4.14. The van der Waals surface area contributed by atoms with Gasteiger partial charge in [-0.05, 0) is 29.8 Å². The lowest BCUT2D eigenvalue weighted by Crippen LogP contribution is -2.12. The van der Waals surface area contributed by atoms with Crippen LogP contribution >= 0.6 is 0 Å². The number of carbonyl (C=O) groups is 1. The monoisotopic (exact) mass is 396 g/mol. The molecule has 0 unspecified atom stereocenters. The van der Waals surface area contributed by atoms with Gasteiger partial charge in [0.1, 0.15) is 0 Å². The summed E-state index contributed by atoms with van der Waals surface area (Å²) in [6.07, 6.45) is 0.729. The van der Waals surface area contributed by atoms with Crippen molar-refractivity contribution in [2.24, 2.45) is 0 Å². The van der Waals surface area contributed by atoms with E-state index in [-0.39, 0.29) is 11.6 Å². The zero-order chi connectivity index (χ0) is 20.7. The van der Waals surface area contributed by atoms with Crippen LogP contribution in [0.3, 0.4) is 0 Å². The SMILES string of the molecule is O=C(Nc1ccc2c(c1)Cc1c(-c3ccccc3)n[nH]c1-2)c1ccc([N+](=O)[O-])cc1. The minimum atomic E-state index is -0.491. The summed E-state index contributed by atoms with van der Waals surface area (Å²) in [5, 5.41) is 21.3. The van der Waals surface area contributed by atoms with Crippen LogP contribution in [0, 0.1) is 10.1 Å². The van der Waals surface area contributed by atoms with Crippen molar-refractivity contribution in [2.45, 2.75) is 6.42 Å². The lowest BCUT2D eigenvalue weighted by Gasteiger charge is -2.08. The van der Waals surface area contributed by atoms with E-state index in [4.69, 9.17) is 0 Å². The average molecular weight is 396 g/mol. The molecule has 5 rings (SSSR count). The van der Waals surface area contributed by atoms with Crippen LogP contribution in [0.4, 0.5) is 11.4 Å². The van der Waals surface area contributed by atoms with Crippen LogP contribution in [0.25, 0.3) is 22.5 Å². The number of nitrogens with one attached hydrogen (secondary N) is 2. The number of rotatable bonds is 4. The summed E-state index contributed by atoms with van der Waals surface area (Å²) < 4.78 is 0. The number of carbonyl (C=O) groups excluding carboxylic acids is 1. The number of aromatic nitrogens is 2. The molecule has 1 aliphatic carbocycles. The largest absolute Gasteiger partial charge is 0.322 e. The van der Waals surface area contributed by atoms with Crippen molar-refractivity contribution in [1.29, 1.82) is 0 Å². The third-order valence-corrected chi connectivity index (χ3v) is 5.25. The molecule has 4 aromatic rings. The van der Waals surface area contributed by atoms with Crippen LogP contribution in [0.2, 0.25) is 0 Å². The van der Waals surface area contributed by atoms with Gasteiger partial charge >= 0.3 is 0 Å². The number of H-pyrrole nitrogens is 1. The maximum absolute atomic E-state index is 12.5. The highest BCUT2D eigenvalue weighted by atomic mass is 16.6. The number of hydrogen-bond acceptors (Lipinski definition) is 4. The van der Waals surface area contributed by atoms with Crippen LogP contribution in [0.1, 0.15) is 21.5 Å². The van der Waals surface area contributed by atoms with E-state index in [1.165, 1.54) is 24.3 Å². The lowest BCUT2D eigenvalue weighted by atomic mass is 10.1. The van der Waals surface area contributed by atoms with E-state index in [1.54, 1.807) is 0 Å². The van der Waals surface area contributed by atoms with Crippen LogP contribution < -0.4 is 5.32 Å². The van der Waals surface area contributed by atoms with Gasteiger partial charge < -0.3 is 5.32 Å². The lowest BCUT2D eigenvalue weighted by molar-refractivity contribution is -0.384. The third kappa shape index (κ3) is 3.02. The third-order valence-electron chi connectivity index (χ3n) is 5.25. The fourth-order valence-corrected chi connectivity index (χ4v) is 3.78. The maximum Gasteiger partial charge on any atom is 0.269 e. The predicted molar refractivity (Wildman–Crippen MR) is 113 cm³/mol. The molecule has 7 heteroatoms. The van der Waals surface area contributed by atoms with Gasteiger partial charge in [-0.1, -0.05) is 36.4 Å². The molecule has 0 saturated heterocycles. The summed E-state index contributed by atoms with van der Waals surface area (Å²) in [4.78, 5) is 22.8. The summed E-state index contributed by atoms with van der Waals surface area (Å²) in [5.74, 6) is -0.312. The minimum Gasteiger partial charge on any atom is -0.322 e. The van der Waals surface area contributed by atoms with E-state index in [0.717, 1.165) is 40.1 Å². The molecule has 146 valence electrons. The Hall–Kier alpha value is -4.26. The van der Waals surface area contributed by atoms with Crippen LogP contribution in [-0.4, -0.2) is 21.0 Å². The number of nitrogens with zero attached hydrogens (tertiary/aromatic N) is 2. The Labute approximate surface area is 171 Å². The first-order valence-electron chi connectivity index (χ1n) is 9.42.